The smallest absolute Gasteiger partial charge is 0.0305 e. The molecular formula is C40H28. The lowest BCUT2D eigenvalue weighted by Gasteiger charge is -2.19. The molecule has 0 heteroatoms. The summed E-state index contributed by atoms with van der Waals surface area (Å²) in [6.45, 7) is 2.26. The molecular weight excluding hydrogens is 480 g/mol. The van der Waals surface area contributed by atoms with Gasteiger partial charge in [0.1, 0.15) is 0 Å². The molecule has 0 amide bonds. The molecule has 0 N–H and O–H groups in total. The molecule has 0 saturated heterocycles. The van der Waals surface area contributed by atoms with Crippen LogP contribution in [0.3, 0.4) is 0 Å². The van der Waals surface area contributed by atoms with E-state index in [2.05, 4.69) is 153 Å². The molecule has 0 heterocycles. The Kier molecular flexibility index (Phi) is 5.21. The van der Waals surface area contributed by atoms with Crippen LogP contribution >= 0.6 is 0 Å². The van der Waals surface area contributed by atoms with E-state index >= 15 is 0 Å². The van der Waals surface area contributed by atoms with Gasteiger partial charge in [0, 0.05) is 5.92 Å². The molecule has 0 aromatic heterocycles. The minimum atomic E-state index is 0.328. The molecule has 8 rings (SSSR count). The van der Waals surface area contributed by atoms with Crippen molar-refractivity contribution in [2.75, 3.05) is 0 Å². The van der Waals surface area contributed by atoms with E-state index in [1.54, 1.807) is 0 Å². The predicted octanol–water partition coefficient (Wildman–Crippen LogP) is 11.0. The zero-order valence-electron chi connectivity index (χ0n) is 22.4. The zero-order chi connectivity index (χ0) is 26.6. The highest BCUT2D eigenvalue weighted by molar-refractivity contribution is 6.21. The second-order valence-electron chi connectivity index (χ2n) is 11.0. The first kappa shape index (κ1) is 23.0. The summed E-state index contributed by atoms with van der Waals surface area (Å²) in [4.78, 5) is 0. The Hall–Kier alpha value is -4.94. The van der Waals surface area contributed by atoms with Crippen LogP contribution < -0.4 is 0 Å². The predicted molar refractivity (Wildman–Crippen MR) is 172 cm³/mol. The van der Waals surface area contributed by atoms with E-state index in [9.17, 15) is 0 Å². The van der Waals surface area contributed by atoms with E-state index in [1.807, 2.05) is 0 Å². The quantitative estimate of drug-likeness (QED) is 0.208. The number of rotatable bonds is 3. The van der Waals surface area contributed by atoms with E-state index in [4.69, 9.17) is 0 Å². The van der Waals surface area contributed by atoms with Crippen LogP contribution in [0.1, 0.15) is 29.5 Å². The normalized spacial score (nSPS) is 14.5. The van der Waals surface area contributed by atoms with E-state index in [1.165, 1.54) is 76.8 Å². The average Bonchev–Trinajstić information content (AvgIpc) is 3.35. The summed E-state index contributed by atoms with van der Waals surface area (Å²) >= 11 is 0. The van der Waals surface area contributed by atoms with Gasteiger partial charge in [-0.15, -0.1) is 0 Å². The SMILES string of the molecule is CC1=Cc2ccccc2C1c1ccc(-c2c3ccccc3c(-c3ccc4ccccc4c3)c3ccccc23)cc1. The monoisotopic (exact) mass is 508 g/mol. The van der Waals surface area contributed by atoms with Crippen LogP contribution in [0.5, 0.6) is 0 Å². The standard InChI is InChI=1S/C40H28/c1-26-24-31-12-4-5-13-33(31)38(26)28-19-21-29(22-20-28)39-34-14-6-8-16-36(34)40(37-17-9-7-15-35(37)39)32-23-18-27-10-2-3-11-30(27)25-32/h2-25,38H,1H3. The zero-order valence-corrected chi connectivity index (χ0v) is 22.4. The van der Waals surface area contributed by atoms with Crippen LogP contribution in [-0.4, -0.2) is 0 Å². The fourth-order valence-electron chi connectivity index (χ4n) is 6.86. The molecule has 0 aliphatic heterocycles. The molecule has 0 spiro atoms. The molecule has 1 aliphatic rings. The Balaban J connectivity index is 1.33. The second-order valence-corrected chi connectivity index (χ2v) is 11.0. The van der Waals surface area contributed by atoms with Crippen LogP contribution in [0.25, 0.3) is 60.6 Å². The van der Waals surface area contributed by atoms with Crippen molar-refractivity contribution < 1.29 is 0 Å². The minimum Gasteiger partial charge on any atom is -0.0619 e. The number of hydrogen-bond donors (Lipinski definition) is 0. The maximum Gasteiger partial charge on any atom is 0.0305 e. The fraction of sp³-hybridized carbons (Fsp3) is 0.0500. The summed E-state index contributed by atoms with van der Waals surface area (Å²) in [5, 5.41) is 7.70. The molecule has 188 valence electrons. The lowest BCUT2D eigenvalue weighted by molar-refractivity contribution is 0.977. The highest BCUT2D eigenvalue weighted by Crippen LogP contribution is 2.45. The van der Waals surface area contributed by atoms with Crippen molar-refractivity contribution in [2.24, 2.45) is 0 Å². The van der Waals surface area contributed by atoms with Crippen molar-refractivity contribution in [1.29, 1.82) is 0 Å². The summed E-state index contributed by atoms with van der Waals surface area (Å²) in [6, 6.07) is 51.4. The minimum absolute atomic E-state index is 0.328. The lowest BCUT2D eigenvalue weighted by Crippen LogP contribution is -1.99. The Morgan fingerprint density at radius 1 is 0.450 bits per heavy atom. The molecule has 0 radical (unpaired) electrons. The van der Waals surface area contributed by atoms with Gasteiger partial charge in [0.2, 0.25) is 0 Å². The van der Waals surface area contributed by atoms with E-state index in [0.717, 1.165) is 0 Å². The third-order valence-electron chi connectivity index (χ3n) is 8.65. The van der Waals surface area contributed by atoms with Gasteiger partial charge in [0.05, 0.1) is 0 Å². The van der Waals surface area contributed by atoms with Crippen molar-refractivity contribution in [3.63, 3.8) is 0 Å². The van der Waals surface area contributed by atoms with Crippen LogP contribution in [0.15, 0.2) is 145 Å². The summed E-state index contributed by atoms with van der Waals surface area (Å²) in [6.07, 6.45) is 2.33. The van der Waals surface area contributed by atoms with Gasteiger partial charge in [-0.3, -0.25) is 0 Å². The number of benzene rings is 7. The summed E-state index contributed by atoms with van der Waals surface area (Å²) < 4.78 is 0. The molecule has 1 aliphatic carbocycles. The molecule has 0 bridgehead atoms. The summed E-state index contributed by atoms with van der Waals surface area (Å²) in [5.74, 6) is 0.328. The van der Waals surface area contributed by atoms with Gasteiger partial charge in [-0.2, -0.15) is 0 Å². The molecule has 0 fully saturated rings. The van der Waals surface area contributed by atoms with Crippen molar-refractivity contribution in [2.45, 2.75) is 12.8 Å². The van der Waals surface area contributed by atoms with Gasteiger partial charge in [-0.1, -0.05) is 145 Å². The first-order chi connectivity index (χ1) is 19.8. The number of hydrogen-bond acceptors (Lipinski definition) is 0. The first-order valence-corrected chi connectivity index (χ1v) is 14.1. The van der Waals surface area contributed by atoms with Crippen LogP contribution in [0.4, 0.5) is 0 Å². The van der Waals surface area contributed by atoms with Crippen molar-refractivity contribution in [3.8, 4) is 22.3 Å². The van der Waals surface area contributed by atoms with Gasteiger partial charge in [-0.25, -0.2) is 0 Å². The molecule has 7 aromatic carbocycles. The van der Waals surface area contributed by atoms with Crippen LogP contribution in [0, 0.1) is 0 Å². The highest BCUT2D eigenvalue weighted by atomic mass is 14.3. The van der Waals surface area contributed by atoms with Gasteiger partial charge in [0.25, 0.3) is 0 Å². The maximum absolute atomic E-state index is 2.34. The van der Waals surface area contributed by atoms with Crippen molar-refractivity contribution in [1.82, 2.24) is 0 Å². The van der Waals surface area contributed by atoms with Crippen LogP contribution in [0.2, 0.25) is 0 Å². The Morgan fingerprint density at radius 3 is 1.65 bits per heavy atom. The Labute approximate surface area is 234 Å². The average molecular weight is 509 g/mol. The number of fused-ring (bicyclic) bond motifs is 4. The topological polar surface area (TPSA) is 0 Å². The molecule has 7 aromatic rings. The summed E-state index contributed by atoms with van der Waals surface area (Å²) in [5.41, 5.74) is 10.6. The summed E-state index contributed by atoms with van der Waals surface area (Å²) in [7, 11) is 0. The van der Waals surface area contributed by atoms with Gasteiger partial charge < -0.3 is 0 Å². The third-order valence-corrected chi connectivity index (χ3v) is 8.65. The first-order valence-electron chi connectivity index (χ1n) is 14.1. The molecule has 1 atom stereocenters. The fourth-order valence-corrected chi connectivity index (χ4v) is 6.86. The third kappa shape index (κ3) is 3.53. The Morgan fingerprint density at radius 2 is 0.975 bits per heavy atom. The lowest BCUT2D eigenvalue weighted by atomic mass is 9.84. The second kappa shape index (κ2) is 9.07. The van der Waals surface area contributed by atoms with Crippen molar-refractivity contribution >= 4 is 38.4 Å². The molecule has 1 unspecified atom stereocenters. The molecule has 0 nitrogen and oxygen atoms in total. The van der Waals surface area contributed by atoms with Gasteiger partial charge >= 0.3 is 0 Å². The van der Waals surface area contributed by atoms with Crippen molar-refractivity contribution in [3.05, 3.63) is 162 Å². The van der Waals surface area contributed by atoms with Gasteiger partial charge in [-0.05, 0) is 84.3 Å². The van der Waals surface area contributed by atoms with E-state index < -0.39 is 0 Å². The molecule has 0 saturated carbocycles. The Bertz CT molecular complexity index is 2050. The molecule has 40 heavy (non-hydrogen) atoms. The highest BCUT2D eigenvalue weighted by Gasteiger charge is 2.24. The van der Waals surface area contributed by atoms with Crippen LogP contribution in [-0.2, 0) is 0 Å². The number of allylic oxidation sites excluding steroid dienone is 1. The van der Waals surface area contributed by atoms with E-state index in [0.29, 0.717) is 5.92 Å². The maximum atomic E-state index is 2.34. The van der Waals surface area contributed by atoms with Gasteiger partial charge in [0.15, 0.2) is 0 Å². The largest absolute Gasteiger partial charge is 0.0619 e. The van der Waals surface area contributed by atoms with E-state index in [-0.39, 0.29) is 0 Å².